The number of rotatable bonds is 4. The summed E-state index contributed by atoms with van der Waals surface area (Å²) in [7, 11) is 0. The van der Waals surface area contributed by atoms with E-state index in [2.05, 4.69) is 9.97 Å². The lowest BCUT2D eigenvalue weighted by molar-refractivity contribution is -0.141. The van der Waals surface area contributed by atoms with Crippen LogP contribution in [-0.4, -0.2) is 45.8 Å². The predicted octanol–water partition coefficient (Wildman–Crippen LogP) is 2.11. The van der Waals surface area contributed by atoms with Gasteiger partial charge in [-0.15, -0.1) is 11.6 Å². The topological polar surface area (TPSA) is 55.3 Å². The van der Waals surface area contributed by atoms with Crippen molar-refractivity contribution < 1.29 is 9.53 Å². The summed E-state index contributed by atoms with van der Waals surface area (Å²) in [6, 6.07) is 2.15. The number of carbonyl (C=O) groups is 1. The van der Waals surface area contributed by atoms with Crippen LogP contribution >= 0.6 is 11.6 Å². The Morgan fingerprint density at radius 3 is 2.55 bits per heavy atom. The number of piperidine rings is 1. The van der Waals surface area contributed by atoms with Crippen molar-refractivity contribution >= 4 is 17.5 Å². The second-order valence-electron chi connectivity index (χ2n) is 5.66. The maximum atomic E-state index is 12.3. The summed E-state index contributed by atoms with van der Waals surface area (Å²) in [4.78, 5) is 22.3. The van der Waals surface area contributed by atoms with Crippen LogP contribution in [-0.2, 0) is 4.79 Å². The Kier molecular flexibility index (Phi) is 4.81. The smallest absolute Gasteiger partial charge is 0.316 e. The van der Waals surface area contributed by atoms with E-state index in [0.717, 1.165) is 12.8 Å². The molecule has 0 aliphatic carbocycles. The van der Waals surface area contributed by atoms with Gasteiger partial charge in [-0.05, 0) is 19.9 Å². The number of likely N-dealkylation sites (tertiary alicyclic amines) is 1. The van der Waals surface area contributed by atoms with Crippen LogP contribution in [0.2, 0.25) is 0 Å². The summed E-state index contributed by atoms with van der Waals surface area (Å²) in [5, 5.41) is 0. The van der Waals surface area contributed by atoms with Crippen molar-refractivity contribution in [2.75, 3.05) is 19.0 Å². The van der Waals surface area contributed by atoms with Crippen molar-refractivity contribution in [3.63, 3.8) is 0 Å². The predicted molar refractivity (Wildman–Crippen MR) is 76.8 cm³/mol. The molecule has 0 bridgehead atoms. The number of nitrogens with zero attached hydrogens (tertiary/aromatic N) is 3. The van der Waals surface area contributed by atoms with Crippen LogP contribution in [0, 0.1) is 5.41 Å². The largest absolute Gasteiger partial charge is 0.460 e. The van der Waals surface area contributed by atoms with E-state index >= 15 is 0 Å². The van der Waals surface area contributed by atoms with Gasteiger partial charge in [0.25, 0.3) is 0 Å². The van der Waals surface area contributed by atoms with E-state index < -0.39 is 5.41 Å². The van der Waals surface area contributed by atoms with Crippen LogP contribution in [0.3, 0.4) is 0 Å². The fourth-order valence-corrected chi connectivity index (χ4v) is 2.27. The molecule has 0 atom stereocenters. The lowest BCUT2D eigenvalue weighted by atomic mass is 9.93. The third-order valence-corrected chi connectivity index (χ3v) is 4.12. The van der Waals surface area contributed by atoms with Gasteiger partial charge in [0.15, 0.2) is 0 Å². The summed E-state index contributed by atoms with van der Waals surface area (Å²) in [5.41, 5.74) is -0.502. The molecule has 1 aromatic heterocycles. The second kappa shape index (κ2) is 6.39. The number of carbonyl (C=O) groups excluding carboxylic acids is 1. The number of ether oxygens (including phenoxy) is 1. The van der Waals surface area contributed by atoms with Gasteiger partial charge in [0.2, 0.25) is 5.91 Å². The zero-order chi connectivity index (χ0) is 14.6. The van der Waals surface area contributed by atoms with Crippen molar-refractivity contribution in [2.24, 2.45) is 5.41 Å². The van der Waals surface area contributed by atoms with Crippen LogP contribution in [0.1, 0.15) is 26.7 Å². The third kappa shape index (κ3) is 3.60. The molecule has 1 saturated heterocycles. The molecule has 0 aromatic carbocycles. The molecule has 20 heavy (non-hydrogen) atoms. The summed E-state index contributed by atoms with van der Waals surface area (Å²) < 4.78 is 5.71. The normalized spacial score (nSPS) is 17.1. The van der Waals surface area contributed by atoms with E-state index in [1.807, 2.05) is 18.7 Å². The fraction of sp³-hybridized carbons (Fsp3) is 0.643. The number of alkyl halides is 1. The lowest BCUT2D eigenvalue weighted by Gasteiger charge is -2.36. The number of aromatic nitrogens is 2. The molecule has 0 spiro atoms. The molecule has 0 unspecified atom stereocenters. The maximum absolute atomic E-state index is 12.3. The van der Waals surface area contributed by atoms with Gasteiger partial charge >= 0.3 is 6.01 Å². The Morgan fingerprint density at radius 2 is 2.00 bits per heavy atom. The number of hydrogen-bond donors (Lipinski definition) is 0. The molecule has 2 rings (SSSR count). The molecule has 0 radical (unpaired) electrons. The third-order valence-electron chi connectivity index (χ3n) is 3.46. The number of hydrogen-bond acceptors (Lipinski definition) is 4. The van der Waals surface area contributed by atoms with Crippen LogP contribution in [0.15, 0.2) is 18.5 Å². The molecular weight excluding hydrogens is 278 g/mol. The summed E-state index contributed by atoms with van der Waals surface area (Å²) in [6.07, 6.45) is 4.97. The Bertz CT molecular complexity index is 445. The fourth-order valence-electron chi connectivity index (χ4n) is 2.16. The van der Waals surface area contributed by atoms with Gasteiger partial charge in [0.05, 0.1) is 5.41 Å². The van der Waals surface area contributed by atoms with E-state index in [0.29, 0.717) is 25.0 Å². The molecule has 1 fully saturated rings. The standard InChI is InChI=1S/C14H20ClN3O2/c1-14(2,10-15)12(19)18-8-4-11(5-9-18)20-13-16-6-3-7-17-13/h3,6-7,11H,4-5,8-10H2,1-2H3. The highest BCUT2D eigenvalue weighted by Crippen LogP contribution is 2.24. The van der Waals surface area contributed by atoms with Gasteiger partial charge in [-0.3, -0.25) is 4.79 Å². The average Bonchev–Trinajstić information content (AvgIpc) is 2.48. The number of halogens is 1. The van der Waals surface area contributed by atoms with Crippen LogP contribution < -0.4 is 4.74 Å². The zero-order valence-electron chi connectivity index (χ0n) is 11.9. The van der Waals surface area contributed by atoms with Crippen molar-refractivity contribution in [3.05, 3.63) is 18.5 Å². The average molecular weight is 298 g/mol. The zero-order valence-corrected chi connectivity index (χ0v) is 12.6. The molecule has 110 valence electrons. The first-order valence-corrected chi connectivity index (χ1v) is 7.35. The molecule has 1 aromatic rings. The minimum Gasteiger partial charge on any atom is -0.460 e. The molecule has 5 nitrogen and oxygen atoms in total. The Hall–Kier alpha value is -1.36. The minimum atomic E-state index is -0.502. The molecule has 1 aliphatic heterocycles. The highest BCUT2D eigenvalue weighted by Gasteiger charge is 2.33. The molecule has 6 heteroatoms. The van der Waals surface area contributed by atoms with Crippen molar-refractivity contribution in [3.8, 4) is 6.01 Å². The van der Waals surface area contributed by atoms with Gasteiger partial charge in [-0.25, -0.2) is 9.97 Å². The monoisotopic (exact) mass is 297 g/mol. The summed E-state index contributed by atoms with van der Waals surface area (Å²) in [6.45, 7) is 5.14. The van der Waals surface area contributed by atoms with Gasteiger partial charge in [0, 0.05) is 44.2 Å². The molecule has 0 saturated carbocycles. The van der Waals surface area contributed by atoms with Crippen molar-refractivity contribution in [2.45, 2.75) is 32.8 Å². The van der Waals surface area contributed by atoms with E-state index in [4.69, 9.17) is 16.3 Å². The maximum Gasteiger partial charge on any atom is 0.316 e. The Balaban J connectivity index is 1.85. The van der Waals surface area contributed by atoms with Crippen molar-refractivity contribution in [1.29, 1.82) is 0 Å². The van der Waals surface area contributed by atoms with E-state index in [-0.39, 0.29) is 12.0 Å². The second-order valence-corrected chi connectivity index (χ2v) is 5.93. The first kappa shape index (κ1) is 15.0. The van der Waals surface area contributed by atoms with E-state index in [1.165, 1.54) is 0 Å². The first-order chi connectivity index (χ1) is 9.53. The van der Waals surface area contributed by atoms with Gasteiger partial charge < -0.3 is 9.64 Å². The van der Waals surface area contributed by atoms with Crippen LogP contribution in [0.25, 0.3) is 0 Å². The van der Waals surface area contributed by atoms with Gasteiger partial charge in [-0.2, -0.15) is 0 Å². The quantitative estimate of drug-likeness (QED) is 0.799. The molecule has 1 aliphatic rings. The molecule has 1 amide bonds. The summed E-state index contributed by atoms with van der Waals surface area (Å²) in [5.74, 6) is 0.446. The van der Waals surface area contributed by atoms with Crippen LogP contribution in [0.4, 0.5) is 0 Å². The van der Waals surface area contributed by atoms with Gasteiger partial charge in [0.1, 0.15) is 6.10 Å². The minimum absolute atomic E-state index is 0.0700. The van der Waals surface area contributed by atoms with Gasteiger partial charge in [-0.1, -0.05) is 0 Å². The molecular formula is C14H20ClN3O2. The Morgan fingerprint density at radius 1 is 1.40 bits per heavy atom. The van der Waals surface area contributed by atoms with E-state index in [9.17, 15) is 4.79 Å². The highest BCUT2D eigenvalue weighted by molar-refractivity contribution is 6.19. The highest BCUT2D eigenvalue weighted by atomic mass is 35.5. The lowest BCUT2D eigenvalue weighted by Crippen LogP contribution is -2.47. The molecule has 0 N–H and O–H groups in total. The van der Waals surface area contributed by atoms with Crippen LogP contribution in [0.5, 0.6) is 6.01 Å². The summed E-state index contributed by atoms with van der Waals surface area (Å²) >= 11 is 5.85. The SMILES string of the molecule is CC(C)(CCl)C(=O)N1CCC(Oc2ncccn2)CC1. The number of amides is 1. The first-order valence-electron chi connectivity index (χ1n) is 6.82. The molecule has 2 heterocycles. The Labute approximate surface area is 124 Å². The van der Waals surface area contributed by atoms with E-state index in [1.54, 1.807) is 18.5 Å². The van der Waals surface area contributed by atoms with Crippen molar-refractivity contribution in [1.82, 2.24) is 14.9 Å².